The summed E-state index contributed by atoms with van der Waals surface area (Å²) in [5.41, 5.74) is 6.65. The fraction of sp³-hybridized carbons (Fsp3) is 0.690. The summed E-state index contributed by atoms with van der Waals surface area (Å²) in [6, 6.07) is 9.08. The number of rotatable bonds is 12. The van der Waals surface area contributed by atoms with Crippen LogP contribution in [-0.2, 0) is 25.5 Å². The van der Waals surface area contributed by atoms with Crippen LogP contribution in [0.2, 0.25) is 0 Å². The highest BCUT2D eigenvalue weighted by Gasteiger charge is 2.37. The van der Waals surface area contributed by atoms with E-state index < -0.39 is 6.04 Å². The number of esters is 1. The average Bonchev–Trinajstić information content (AvgIpc) is 2.88. The second-order valence-corrected chi connectivity index (χ2v) is 11.0. The number of carbonyl (C=O) groups excluding carboxylic acids is 3. The molecule has 1 atom stereocenters. The van der Waals surface area contributed by atoms with Gasteiger partial charge in [-0.2, -0.15) is 0 Å². The molecule has 7 nitrogen and oxygen atoms in total. The zero-order valence-corrected chi connectivity index (χ0v) is 22.0. The van der Waals surface area contributed by atoms with Crippen LogP contribution < -0.4 is 16.4 Å². The van der Waals surface area contributed by atoms with Crippen molar-refractivity contribution in [3.05, 3.63) is 35.9 Å². The van der Waals surface area contributed by atoms with E-state index in [1.807, 2.05) is 37.3 Å². The van der Waals surface area contributed by atoms with Crippen molar-refractivity contribution < 1.29 is 19.1 Å². The van der Waals surface area contributed by atoms with Crippen molar-refractivity contribution in [1.82, 2.24) is 10.6 Å². The lowest BCUT2D eigenvalue weighted by atomic mass is 9.71. The van der Waals surface area contributed by atoms with Crippen LogP contribution in [0.5, 0.6) is 0 Å². The maximum atomic E-state index is 13.5. The number of hydrogen-bond donors (Lipinski definition) is 3. The van der Waals surface area contributed by atoms with Crippen molar-refractivity contribution in [3.8, 4) is 0 Å². The van der Waals surface area contributed by atoms with Crippen molar-refractivity contribution in [3.63, 3.8) is 0 Å². The summed E-state index contributed by atoms with van der Waals surface area (Å²) >= 11 is 0. The minimum Gasteiger partial charge on any atom is -0.466 e. The van der Waals surface area contributed by atoms with Gasteiger partial charge in [0.05, 0.1) is 13.0 Å². The first-order valence-corrected chi connectivity index (χ1v) is 13.9. The molecule has 2 fully saturated rings. The maximum Gasteiger partial charge on any atom is 0.306 e. The Balaban J connectivity index is 1.68. The third-order valence-electron chi connectivity index (χ3n) is 8.19. The average molecular weight is 500 g/mol. The van der Waals surface area contributed by atoms with E-state index in [-0.39, 0.29) is 28.6 Å². The largest absolute Gasteiger partial charge is 0.466 e. The van der Waals surface area contributed by atoms with Crippen LogP contribution in [0.1, 0.15) is 89.5 Å². The fourth-order valence-electron chi connectivity index (χ4n) is 6.03. The molecule has 4 N–H and O–H groups in total. The molecule has 7 heteroatoms. The molecule has 36 heavy (non-hydrogen) atoms. The topological polar surface area (TPSA) is 111 Å². The lowest BCUT2D eigenvalue weighted by Gasteiger charge is -2.37. The molecule has 0 spiro atoms. The molecule has 2 aliphatic rings. The lowest BCUT2D eigenvalue weighted by molar-refractivity contribution is -0.146. The van der Waals surface area contributed by atoms with E-state index in [0.29, 0.717) is 39.0 Å². The van der Waals surface area contributed by atoms with E-state index in [4.69, 9.17) is 10.5 Å². The summed E-state index contributed by atoms with van der Waals surface area (Å²) in [4.78, 5) is 38.9. The summed E-state index contributed by atoms with van der Waals surface area (Å²) in [7, 11) is 0. The standard InChI is InChI=1S/C29H45N3O4/c1-2-36-26(34)20-29(16-10-5-11-17-29)22-31-27(35)24(18-23-12-6-3-7-13-23)32-25(33)19-28(21-30)14-8-4-9-15-28/h3,6-7,12-13,24H,2,4-5,8-11,14-22,30H2,1H3,(H,31,35)(H,32,33). The Morgan fingerprint density at radius 2 is 1.53 bits per heavy atom. The van der Waals surface area contributed by atoms with Gasteiger partial charge in [-0.1, -0.05) is 68.9 Å². The Bertz CT molecular complexity index is 845. The molecular weight excluding hydrogens is 454 g/mol. The number of amides is 2. The Morgan fingerprint density at radius 3 is 2.11 bits per heavy atom. The van der Waals surface area contributed by atoms with Crippen LogP contribution in [0.3, 0.4) is 0 Å². The van der Waals surface area contributed by atoms with Crippen molar-refractivity contribution in [2.45, 2.75) is 96.4 Å². The quantitative estimate of drug-likeness (QED) is 0.376. The van der Waals surface area contributed by atoms with Crippen LogP contribution in [0.15, 0.2) is 30.3 Å². The monoisotopic (exact) mass is 499 g/mol. The summed E-state index contributed by atoms with van der Waals surface area (Å²) in [5.74, 6) is -0.522. The van der Waals surface area contributed by atoms with Gasteiger partial charge in [0.15, 0.2) is 0 Å². The molecule has 2 amide bonds. The van der Waals surface area contributed by atoms with Gasteiger partial charge >= 0.3 is 5.97 Å². The summed E-state index contributed by atoms with van der Waals surface area (Å²) in [5, 5.41) is 6.14. The van der Waals surface area contributed by atoms with E-state index in [1.165, 1.54) is 6.42 Å². The third kappa shape index (κ3) is 8.32. The second kappa shape index (κ2) is 13.8. The number of ether oxygens (including phenoxy) is 1. The molecule has 0 aliphatic heterocycles. The molecule has 0 saturated heterocycles. The highest BCUT2D eigenvalue weighted by Crippen LogP contribution is 2.40. The molecule has 1 aromatic carbocycles. The van der Waals surface area contributed by atoms with Gasteiger partial charge in [0.1, 0.15) is 6.04 Å². The molecule has 0 radical (unpaired) electrons. The van der Waals surface area contributed by atoms with E-state index in [0.717, 1.165) is 63.4 Å². The number of benzene rings is 1. The SMILES string of the molecule is CCOC(=O)CC1(CNC(=O)C(Cc2ccccc2)NC(=O)CC2(CN)CCCCC2)CCCCC1. The predicted molar refractivity (Wildman–Crippen MR) is 141 cm³/mol. The fourth-order valence-corrected chi connectivity index (χ4v) is 6.03. The Hall–Kier alpha value is -2.41. The summed E-state index contributed by atoms with van der Waals surface area (Å²) < 4.78 is 5.23. The van der Waals surface area contributed by atoms with E-state index in [2.05, 4.69) is 10.6 Å². The predicted octanol–water partition coefficient (Wildman–Crippen LogP) is 4.03. The minimum atomic E-state index is -0.679. The van der Waals surface area contributed by atoms with Crippen LogP contribution in [0.4, 0.5) is 0 Å². The number of hydrogen-bond acceptors (Lipinski definition) is 5. The van der Waals surface area contributed by atoms with Crippen molar-refractivity contribution in [2.75, 3.05) is 19.7 Å². The normalized spacial score (nSPS) is 19.6. The van der Waals surface area contributed by atoms with E-state index >= 15 is 0 Å². The molecule has 0 aromatic heterocycles. The molecule has 2 saturated carbocycles. The lowest BCUT2D eigenvalue weighted by Crippen LogP contribution is -2.52. The Kier molecular flexibility index (Phi) is 10.8. The van der Waals surface area contributed by atoms with Gasteiger partial charge in [0, 0.05) is 19.4 Å². The molecule has 2 aliphatic carbocycles. The van der Waals surface area contributed by atoms with Gasteiger partial charge in [-0.15, -0.1) is 0 Å². The second-order valence-electron chi connectivity index (χ2n) is 11.0. The number of carbonyl (C=O) groups is 3. The van der Waals surface area contributed by atoms with Gasteiger partial charge in [-0.3, -0.25) is 14.4 Å². The molecule has 1 aromatic rings. The van der Waals surface area contributed by atoms with Crippen LogP contribution >= 0.6 is 0 Å². The van der Waals surface area contributed by atoms with Crippen molar-refractivity contribution >= 4 is 17.8 Å². The summed E-state index contributed by atoms with van der Waals surface area (Å²) in [6.45, 7) is 3.08. The van der Waals surface area contributed by atoms with Crippen molar-refractivity contribution in [1.29, 1.82) is 0 Å². The Morgan fingerprint density at radius 1 is 0.917 bits per heavy atom. The van der Waals surface area contributed by atoms with Gasteiger partial charge in [-0.25, -0.2) is 0 Å². The minimum absolute atomic E-state index is 0.114. The number of nitrogens with two attached hydrogens (primary N) is 1. The molecular formula is C29H45N3O4. The first-order valence-electron chi connectivity index (χ1n) is 13.9. The number of nitrogens with one attached hydrogen (secondary N) is 2. The molecule has 0 bridgehead atoms. The third-order valence-corrected chi connectivity index (χ3v) is 8.19. The first-order chi connectivity index (χ1) is 17.4. The van der Waals surface area contributed by atoms with E-state index in [9.17, 15) is 14.4 Å². The highest BCUT2D eigenvalue weighted by atomic mass is 16.5. The van der Waals surface area contributed by atoms with Gasteiger partial charge in [-0.05, 0) is 55.5 Å². The maximum absolute atomic E-state index is 13.5. The van der Waals surface area contributed by atoms with E-state index in [1.54, 1.807) is 0 Å². The summed E-state index contributed by atoms with van der Waals surface area (Å²) in [6.07, 6.45) is 11.4. The first kappa shape index (κ1) is 28.2. The van der Waals surface area contributed by atoms with Crippen LogP contribution in [0.25, 0.3) is 0 Å². The molecule has 0 heterocycles. The zero-order valence-electron chi connectivity index (χ0n) is 22.0. The molecule has 3 rings (SSSR count). The smallest absolute Gasteiger partial charge is 0.306 e. The molecule has 200 valence electrons. The van der Waals surface area contributed by atoms with Crippen molar-refractivity contribution in [2.24, 2.45) is 16.6 Å². The van der Waals surface area contributed by atoms with Gasteiger partial charge in [0.2, 0.25) is 11.8 Å². The van der Waals surface area contributed by atoms with Crippen LogP contribution in [-0.4, -0.2) is 43.5 Å². The van der Waals surface area contributed by atoms with Gasteiger partial charge < -0.3 is 21.1 Å². The Labute approximate surface area is 216 Å². The van der Waals surface area contributed by atoms with Crippen LogP contribution in [0, 0.1) is 10.8 Å². The molecule has 1 unspecified atom stereocenters. The zero-order chi connectivity index (χ0) is 25.9. The highest BCUT2D eigenvalue weighted by molar-refractivity contribution is 5.88. The van der Waals surface area contributed by atoms with Gasteiger partial charge in [0.25, 0.3) is 0 Å².